The highest BCUT2D eigenvalue weighted by atomic mass is 79.9. The molecule has 1 aliphatic rings. The van der Waals surface area contributed by atoms with Crippen molar-refractivity contribution < 1.29 is 4.79 Å². The van der Waals surface area contributed by atoms with E-state index in [4.69, 9.17) is 12.2 Å². The number of carbonyl (C=O) groups excluding carboxylic acids is 1. The number of carbonyl (C=O) groups is 1. The highest BCUT2D eigenvalue weighted by molar-refractivity contribution is 9.10. The molecule has 1 aliphatic heterocycles. The predicted octanol–water partition coefficient (Wildman–Crippen LogP) is 4.11. The van der Waals surface area contributed by atoms with Crippen LogP contribution in [0, 0.1) is 0 Å². The second-order valence-corrected chi connectivity index (χ2v) is 7.21. The van der Waals surface area contributed by atoms with E-state index < -0.39 is 0 Å². The van der Waals surface area contributed by atoms with Gasteiger partial charge in [-0.25, -0.2) is 4.98 Å². The number of hydrogen-bond acceptors (Lipinski definition) is 5. The van der Waals surface area contributed by atoms with E-state index in [0.717, 1.165) is 10.0 Å². The van der Waals surface area contributed by atoms with Crippen LogP contribution in [-0.4, -0.2) is 26.8 Å². The van der Waals surface area contributed by atoms with Gasteiger partial charge in [-0.2, -0.15) is 0 Å². The Morgan fingerprint density at radius 2 is 2.04 bits per heavy atom. The first-order chi connectivity index (χ1) is 11.1. The van der Waals surface area contributed by atoms with Crippen LogP contribution in [0.4, 0.5) is 5.82 Å². The van der Waals surface area contributed by atoms with Crippen LogP contribution in [0.2, 0.25) is 0 Å². The third kappa shape index (κ3) is 3.80. The first-order valence-electron chi connectivity index (χ1n) is 6.80. The standard InChI is InChI=1S/C16H12BrN3OS2/c17-12-6-2-1-5-11(12)9-13-15(21)20(16(22)23-13)10-19-14-7-3-4-8-18-14/h1-9H,10H2,(H,18,19). The predicted molar refractivity (Wildman–Crippen MR) is 102 cm³/mol. The smallest absolute Gasteiger partial charge is 0.267 e. The number of nitrogens with one attached hydrogen (secondary N) is 1. The lowest BCUT2D eigenvalue weighted by Crippen LogP contribution is -2.33. The molecule has 0 unspecified atom stereocenters. The maximum atomic E-state index is 12.5. The zero-order valence-corrected chi connectivity index (χ0v) is 15.1. The molecule has 2 heterocycles. The quantitative estimate of drug-likeness (QED) is 0.612. The number of benzene rings is 1. The van der Waals surface area contributed by atoms with Crippen LogP contribution in [-0.2, 0) is 4.79 Å². The van der Waals surface area contributed by atoms with Crippen molar-refractivity contribution in [1.29, 1.82) is 0 Å². The van der Waals surface area contributed by atoms with Crippen molar-refractivity contribution in [2.24, 2.45) is 0 Å². The summed E-state index contributed by atoms with van der Waals surface area (Å²) in [4.78, 5) is 18.8. The molecule has 2 aromatic rings. The number of thioether (sulfide) groups is 1. The van der Waals surface area contributed by atoms with Gasteiger partial charge in [0.25, 0.3) is 5.91 Å². The van der Waals surface area contributed by atoms with E-state index in [-0.39, 0.29) is 5.91 Å². The summed E-state index contributed by atoms with van der Waals surface area (Å²) < 4.78 is 1.48. The summed E-state index contributed by atoms with van der Waals surface area (Å²) in [7, 11) is 0. The maximum absolute atomic E-state index is 12.5. The van der Waals surface area contributed by atoms with Crippen molar-refractivity contribution in [2.75, 3.05) is 12.0 Å². The summed E-state index contributed by atoms with van der Waals surface area (Å²) >= 11 is 10.1. The maximum Gasteiger partial charge on any atom is 0.267 e. The van der Waals surface area contributed by atoms with Crippen LogP contribution in [0.15, 0.2) is 58.0 Å². The van der Waals surface area contributed by atoms with Gasteiger partial charge in [0.15, 0.2) is 0 Å². The van der Waals surface area contributed by atoms with E-state index in [9.17, 15) is 4.79 Å². The first kappa shape index (κ1) is 16.2. The zero-order chi connectivity index (χ0) is 16.2. The molecule has 3 rings (SSSR count). The molecule has 0 bridgehead atoms. The number of thiocarbonyl (C=S) groups is 1. The second kappa shape index (κ2) is 7.25. The van der Waals surface area contributed by atoms with Gasteiger partial charge in [0.05, 0.1) is 11.6 Å². The largest absolute Gasteiger partial charge is 0.352 e. The topological polar surface area (TPSA) is 45.2 Å². The number of anilines is 1. The fraction of sp³-hybridized carbons (Fsp3) is 0.0625. The van der Waals surface area contributed by atoms with Crippen LogP contribution in [0.3, 0.4) is 0 Å². The molecule has 1 aromatic carbocycles. The molecule has 116 valence electrons. The van der Waals surface area contributed by atoms with Gasteiger partial charge < -0.3 is 5.32 Å². The molecule has 0 aliphatic carbocycles. The van der Waals surface area contributed by atoms with Crippen molar-refractivity contribution in [3.63, 3.8) is 0 Å². The molecule has 1 aromatic heterocycles. The lowest BCUT2D eigenvalue weighted by atomic mass is 10.2. The van der Waals surface area contributed by atoms with E-state index in [1.807, 2.05) is 48.5 Å². The van der Waals surface area contributed by atoms with E-state index in [1.165, 1.54) is 16.7 Å². The molecule has 4 nitrogen and oxygen atoms in total. The fourth-order valence-electron chi connectivity index (χ4n) is 2.00. The minimum Gasteiger partial charge on any atom is -0.352 e. The normalized spacial score (nSPS) is 16.2. The van der Waals surface area contributed by atoms with Crippen LogP contribution in [0.1, 0.15) is 5.56 Å². The molecule has 1 fully saturated rings. The van der Waals surface area contributed by atoms with Crippen molar-refractivity contribution >= 4 is 62.0 Å². The van der Waals surface area contributed by atoms with Crippen molar-refractivity contribution in [3.8, 4) is 0 Å². The Balaban J connectivity index is 1.74. The Morgan fingerprint density at radius 3 is 2.78 bits per heavy atom. The van der Waals surface area contributed by atoms with E-state index in [0.29, 0.717) is 21.7 Å². The summed E-state index contributed by atoms with van der Waals surface area (Å²) in [5.74, 6) is 0.607. The first-order valence-corrected chi connectivity index (χ1v) is 8.82. The van der Waals surface area contributed by atoms with Gasteiger partial charge >= 0.3 is 0 Å². The molecule has 0 saturated carbocycles. The third-order valence-corrected chi connectivity index (χ3v) is 5.25. The van der Waals surface area contributed by atoms with E-state index >= 15 is 0 Å². The number of amides is 1. The van der Waals surface area contributed by atoms with Gasteiger partial charge in [0.1, 0.15) is 10.1 Å². The second-order valence-electron chi connectivity index (χ2n) is 4.68. The Bertz CT molecular complexity index is 780. The van der Waals surface area contributed by atoms with Gasteiger partial charge in [0, 0.05) is 10.7 Å². The highest BCUT2D eigenvalue weighted by Gasteiger charge is 2.31. The lowest BCUT2D eigenvalue weighted by molar-refractivity contribution is -0.121. The molecule has 23 heavy (non-hydrogen) atoms. The van der Waals surface area contributed by atoms with Gasteiger partial charge in [-0.05, 0) is 29.8 Å². The Hall–Kier alpha value is -1.70. The summed E-state index contributed by atoms with van der Waals surface area (Å²) in [5.41, 5.74) is 0.950. The van der Waals surface area contributed by atoms with Gasteiger partial charge in [0.2, 0.25) is 0 Å². The minimum absolute atomic E-state index is 0.0980. The molecule has 1 N–H and O–H groups in total. The molecule has 7 heteroatoms. The Labute approximate surface area is 152 Å². The van der Waals surface area contributed by atoms with Gasteiger partial charge in [-0.1, -0.05) is 64.2 Å². The van der Waals surface area contributed by atoms with E-state index in [1.54, 1.807) is 6.20 Å². The number of hydrogen-bond donors (Lipinski definition) is 1. The van der Waals surface area contributed by atoms with Crippen molar-refractivity contribution in [2.45, 2.75) is 0 Å². The average Bonchev–Trinajstić information content (AvgIpc) is 2.82. The molecular formula is C16H12BrN3OS2. The van der Waals surface area contributed by atoms with Crippen LogP contribution in [0.25, 0.3) is 6.08 Å². The summed E-state index contributed by atoms with van der Waals surface area (Å²) in [6, 6.07) is 13.3. The molecule has 0 radical (unpaired) electrons. The van der Waals surface area contributed by atoms with E-state index in [2.05, 4.69) is 26.2 Å². The molecule has 0 spiro atoms. The van der Waals surface area contributed by atoms with Crippen LogP contribution < -0.4 is 5.32 Å². The number of nitrogens with zero attached hydrogens (tertiary/aromatic N) is 2. The molecule has 1 saturated heterocycles. The highest BCUT2D eigenvalue weighted by Crippen LogP contribution is 2.33. The van der Waals surface area contributed by atoms with Crippen LogP contribution in [0.5, 0.6) is 0 Å². The molecule has 1 amide bonds. The third-order valence-electron chi connectivity index (χ3n) is 3.15. The molecule has 0 atom stereocenters. The minimum atomic E-state index is -0.0980. The monoisotopic (exact) mass is 405 g/mol. The Morgan fingerprint density at radius 1 is 1.26 bits per heavy atom. The van der Waals surface area contributed by atoms with Crippen molar-refractivity contribution in [1.82, 2.24) is 9.88 Å². The number of aromatic nitrogens is 1. The fourth-order valence-corrected chi connectivity index (χ4v) is 3.64. The molecular weight excluding hydrogens is 394 g/mol. The zero-order valence-electron chi connectivity index (χ0n) is 11.9. The Kier molecular flexibility index (Phi) is 5.09. The summed E-state index contributed by atoms with van der Waals surface area (Å²) in [5, 5.41) is 3.10. The van der Waals surface area contributed by atoms with Crippen LogP contribution >= 0.6 is 39.9 Å². The summed E-state index contributed by atoms with van der Waals surface area (Å²) in [6.07, 6.45) is 3.55. The number of halogens is 1. The lowest BCUT2D eigenvalue weighted by Gasteiger charge is -2.15. The summed E-state index contributed by atoms with van der Waals surface area (Å²) in [6.45, 7) is 0.301. The SMILES string of the molecule is O=C1C(=Cc2ccccc2Br)SC(=S)N1CNc1ccccn1. The number of rotatable bonds is 4. The van der Waals surface area contributed by atoms with Crippen molar-refractivity contribution in [3.05, 3.63) is 63.6 Å². The number of pyridine rings is 1. The average molecular weight is 406 g/mol. The van der Waals surface area contributed by atoms with Gasteiger partial charge in [-0.3, -0.25) is 9.69 Å². The van der Waals surface area contributed by atoms with Gasteiger partial charge in [-0.15, -0.1) is 0 Å².